The van der Waals surface area contributed by atoms with Crippen molar-refractivity contribution in [2.75, 3.05) is 7.11 Å². The van der Waals surface area contributed by atoms with Gasteiger partial charge in [-0.3, -0.25) is 0 Å². The lowest BCUT2D eigenvalue weighted by molar-refractivity contribution is 0.415. The fourth-order valence-corrected chi connectivity index (χ4v) is 3.33. The molecule has 0 saturated carbocycles. The van der Waals surface area contributed by atoms with Crippen LogP contribution in [-0.4, -0.2) is 7.11 Å². The molecule has 0 spiro atoms. The minimum atomic E-state index is 0.515. The summed E-state index contributed by atoms with van der Waals surface area (Å²) in [5, 5.41) is 1.32. The standard InChI is InChI=1S/C13H17NOS/c1-8(2)13-10-5-4-9(15-3)6-11(10)16-12(13)7-14/h4-6,8H,7,14H2,1-3H3. The second-order valence-electron chi connectivity index (χ2n) is 4.16. The van der Waals surface area contributed by atoms with Gasteiger partial charge in [-0.1, -0.05) is 13.8 Å². The van der Waals surface area contributed by atoms with Crippen molar-refractivity contribution in [3.8, 4) is 5.75 Å². The SMILES string of the molecule is COc1ccc2c(C(C)C)c(CN)sc2c1. The van der Waals surface area contributed by atoms with Crippen LogP contribution in [0.15, 0.2) is 18.2 Å². The van der Waals surface area contributed by atoms with Gasteiger partial charge in [0.1, 0.15) is 5.75 Å². The highest BCUT2D eigenvalue weighted by atomic mass is 32.1. The molecular weight excluding hydrogens is 218 g/mol. The van der Waals surface area contributed by atoms with Crippen molar-refractivity contribution in [1.29, 1.82) is 0 Å². The molecule has 0 aliphatic carbocycles. The Kier molecular flexibility index (Phi) is 3.17. The molecule has 1 aromatic carbocycles. The molecule has 2 rings (SSSR count). The van der Waals surface area contributed by atoms with Gasteiger partial charge in [-0.2, -0.15) is 0 Å². The molecule has 2 aromatic rings. The smallest absolute Gasteiger partial charge is 0.120 e. The molecule has 1 aromatic heterocycles. The molecule has 2 nitrogen and oxygen atoms in total. The number of nitrogens with two attached hydrogens (primary N) is 1. The number of fused-ring (bicyclic) bond motifs is 1. The molecule has 0 unspecified atom stereocenters. The Balaban J connectivity index is 2.67. The number of benzene rings is 1. The number of ether oxygens (including phenoxy) is 1. The summed E-state index contributed by atoms with van der Waals surface area (Å²) in [4.78, 5) is 1.29. The number of hydrogen-bond acceptors (Lipinski definition) is 3. The summed E-state index contributed by atoms with van der Waals surface area (Å²) >= 11 is 1.78. The van der Waals surface area contributed by atoms with Gasteiger partial charge in [0.15, 0.2) is 0 Å². The first-order valence-electron chi connectivity index (χ1n) is 5.46. The van der Waals surface area contributed by atoms with E-state index in [-0.39, 0.29) is 0 Å². The van der Waals surface area contributed by atoms with Crippen molar-refractivity contribution in [2.24, 2.45) is 5.73 Å². The van der Waals surface area contributed by atoms with Crippen molar-refractivity contribution in [3.63, 3.8) is 0 Å². The highest BCUT2D eigenvalue weighted by Gasteiger charge is 2.14. The Bertz CT molecular complexity index is 502. The molecule has 16 heavy (non-hydrogen) atoms. The average Bonchev–Trinajstić information content (AvgIpc) is 2.65. The second-order valence-corrected chi connectivity index (χ2v) is 5.30. The molecule has 2 N–H and O–H groups in total. The summed E-state index contributed by atoms with van der Waals surface area (Å²) < 4.78 is 6.51. The minimum Gasteiger partial charge on any atom is -0.497 e. The molecule has 0 saturated heterocycles. The van der Waals surface area contributed by atoms with Crippen LogP contribution in [0, 0.1) is 0 Å². The maximum absolute atomic E-state index is 5.80. The quantitative estimate of drug-likeness (QED) is 0.883. The maximum Gasteiger partial charge on any atom is 0.120 e. The number of rotatable bonds is 3. The Hall–Kier alpha value is -1.06. The molecule has 1 heterocycles. The summed E-state index contributed by atoms with van der Waals surface area (Å²) in [6, 6.07) is 6.24. The maximum atomic E-state index is 5.80. The van der Waals surface area contributed by atoms with Gasteiger partial charge in [0, 0.05) is 16.1 Å². The Morgan fingerprint density at radius 2 is 2.12 bits per heavy atom. The summed E-state index contributed by atoms with van der Waals surface area (Å²) in [6.07, 6.45) is 0. The molecule has 3 heteroatoms. The van der Waals surface area contributed by atoms with Crippen LogP contribution in [0.5, 0.6) is 5.75 Å². The zero-order valence-corrected chi connectivity index (χ0v) is 10.7. The molecular formula is C13H17NOS. The number of methoxy groups -OCH3 is 1. The van der Waals surface area contributed by atoms with E-state index in [1.807, 2.05) is 6.07 Å². The Morgan fingerprint density at radius 1 is 1.38 bits per heavy atom. The van der Waals surface area contributed by atoms with Crippen molar-refractivity contribution in [3.05, 3.63) is 28.6 Å². The van der Waals surface area contributed by atoms with Crippen LogP contribution < -0.4 is 10.5 Å². The predicted octanol–water partition coefficient (Wildman–Crippen LogP) is 3.49. The van der Waals surface area contributed by atoms with E-state index in [9.17, 15) is 0 Å². The van der Waals surface area contributed by atoms with Gasteiger partial charge in [0.05, 0.1) is 7.11 Å². The van der Waals surface area contributed by atoms with Crippen molar-refractivity contribution in [2.45, 2.75) is 26.3 Å². The van der Waals surface area contributed by atoms with Crippen LogP contribution in [-0.2, 0) is 6.54 Å². The Morgan fingerprint density at radius 3 is 2.69 bits per heavy atom. The van der Waals surface area contributed by atoms with Gasteiger partial charge < -0.3 is 10.5 Å². The summed E-state index contributed by atoms with van der Waals surface area (Å²) in [5.41, 5.74) is 7.20. The summed E-state index contributed by atoms with van der Waals surface area (Å²) in [7, 11) is 1.70. The fourth-order valence-electron chi connectivity index (χ4n) is 2.06. The highest BCUT2D eigenvalue weighted by Crippen LogP contribution is 2.37. The first-order chi connectivity index (χ1) is 7.67. The monoisotopic (exact) mass is 235 g/mol. The van der Waals surface area contributed by atoms with E-state index in [0.29, 0.717) is 12.5 Å². The lowest BCUT2D eigenvalue weighted by atomic mass is 9.99. The minimum absolute atomic E-state index is 0.515. The van der Waals surface area contributed by atoms with Crippen LogP contribution in [0.1, 0.15) is 30.2 Å². The fraction of sp³-hybridized carbons (Fsp3) is 0.385. The van der Waals surface area contributed by atoms with E-state index in [1.54, 1.807) is 18.4 Å². The first-order valence-corrected chi connectivity index (χ1v) is 6.28. The first kappa shape index (κ1) is 11.4. The van der Waals surface area contributed by atoms with E-state index in [0.717, 1.165) is 5.75 Å². The zero-order chi connectivity index (χ0) is 11.7. The molecule has 0 aliphatic rings. The van der Waals surface area contributed by atoms with Gasteiger partial charge in [-0.05, 0) is 35.1 Å². The molecule has 0 atom stereocenters. The lowest BCUT2D eigenvalue weighted by Gasteiger charge is -2.06. The van der Waals surface area contributed by atoms with Crippen LogP contribution in [0.3, 0.4) is 0 Å². The number of hydrogen-bond donors (Lipinski definition) is 1. The Labute approximate surface area is 100 Å². The number of thiophene rings is 1. The average molecular weight is 235 g/mol. The van der Waals surface area contributed by atoms with E-state index in [4.69, 9.17) is 10.5 Å². The van der Waals surface area contributed by atoms with Crippen molar-refractivity contribution >= 4 is 21.4 Å². The summed E-state index contributed by atoms with van der Waals surface area (Å²) in [6.45, 7) is 5.05. The van der Waals surface area contributed by atoms with Gasteiger partial charge >= 0.3 is 0 Å². The normalized spacial score (nSPS) is 11.3. The van der Waals surface area contributed by atoms with Gasteiger partial charge in [0.2, 0.25) is 0 Å². The predicted molar refractivity (Wildman–Crippen MR) is 70.4 cm³/mol. The lowest BCUT2D eigenvalue weighted by Crippen LogP contribution is -1.98. The third-order valence-corrected chi connectivity index (χ3v) is 3.97. The van der Waals surface area contributed by atoms with Crippen molar-refractivity contribution in [1.82, 2.24) is 0 Å². The van der Waals surface area contributed by atoms with Gasteiger partial charge in [-0.15, -0.1) is 11.3 Å². The second kappa shape index (κ2) is 4.44. The molecule has 0 fully saturated rings. The topological polar surface area (TPSA) is 35.2 Å². The van der Waals surface area contributed by atoms with Crippen LogP contribution in [0.2, 0.25) is 0 Å². The molecule has 0 radical (unpaired) electrons. The summed E-state index contributed by atoms with van der Waals surface area (Å²) in [5.74, 6) is 1.42. The van der Waals surface area contributed by atoms with Crippen LogP contribution >= 0.6 is 11.3 Å². The van der Waals surface area contributed by atoms with E-state index in [1.165, 1.54) is 20.5 Å². The molecule has 86 valence electrons. The third-order valence-electron chi connectivity index (χ3n) is 2.78. The third kappa shape index (κ3) is 1.81. The largest absolute Gasteiger partial charge is 0.497 e. The van der Waals surface area contributed by atoms with E-state index < -0.39 is 0 Å². The zero-order valence-electron chi connectivity index (χ0n) is 9.91. The molecule has 0 bridgehead atoms. The van der Waals surface area contributed by atoms with Gasteiger partial charge in [0.25, 0.3) is 0 Å². The van der Waals surface area contributed by atoms with E-state index >= 15 is 0 Å². The highest BCUT2D eigenvalue weighted by molar-refractivity contribution is 7.19. The van der Waals surface area contributed by atoms with Gasteiger partial charge in [-0.25, -0.2) is 0 Å². The van der Waals surface area contributed by atoms with Crippen LogP contribution in [0.25, 0.3) is 10.1 Å². The molecule has 0 aliphatic heterocycles. The molecule has 0 amide bonds. The van der Waals surface area contributed by atoms with E-state index in [2.05, 4.69) is 26.0 Å². The van der Waals surface area contributed by atoms with Crippen molar-refractivity contribution < 1.29 is 4.74 Å². The van der Waals surface area contributed by atoms with Crippen LogP contribution in [0.4, 0.5) is 0 Å².